The van der Waals surface area contributed by atoms with Crippen LogP contribution in [0.2, 0.25) is 0 Å². The van der Waals surface area contributed by atoms with Crippen LogP contribution in [-0.4, -0.2) is 52.1 Å². The predicted octanol–water partition coefficient (Wildman–Crippen LogP) is 1.30. The van der Waals surface area contributed by atoms with Crippen molar-refractivity contribution in [3.8, 4) is 0 Å². The van der Waals surface area contributed by atoms with Crippen LogP contribution in [0.3, 0.4) is 0 Å². The number of aromatic amines is 1. The van der Waals surface area contributed by atoms with Gasteiger partial charge in [0.05, 0.1) is 12.3 Å². The van der Waals surface area contributed by atoms with Gasteiger partial charge in [-0.3, -0.25) is 24.0 Å². The highest BCUT2D eigenvalue weighted by Crippen LogP contribution is 2.35. The molecule has 222 valence electrons. The highest BCUT2D eigenvalue weighted by Gasteiger charge is 2.46. The number of aryl methyl sites for hydroxylation is 1. The summed E-state index contributed by atoms with van der Waals surface area (Å²) in [6.07, 6.45) is 0.534. The Kier molecular flexibility index (Phi) is 8.99. The molecular weight excluding hydrogens is 536 g/mol. The molecule has 4 atom stereocenters. The minimum atomic E-state index is -1.36. The van der Waals surface area contributed by atoms with Crippen LogP contribution in [0, 0.1) is 5.92 Å². The van der Waals surface area contributed by atoms with E-state index in [0.29, 0.717) is 12.8 Å². The summed E-state index contributed by atoms with van der Waals surface area (Å²) < 4.78 is 0. The molecule has 3 aromatic rings. The Bertz CT molecular complexity index is 1500. The minimum absolute atomic E-state index is 0.212. The number of primary amides is 2. The third-order valence-electron chi connectivity index (χ3n) is 7.97. The van der Waals surface area contributed by atoms with Crippen molar-refractivity contribution in [3.05, 3.63) is 71.4 Å². The van der Waals surface area contributed by atoms with E-state index in [1.165, 1.54) is 0 Å². The Morgan fingerprint density at radius 2 is 1.57 bits per heavy atom. The first-order valence-corrected chi connectivity index (χ1v) is 14.1. The van der Waals surface area contributed by atoms with Gasteiger partial charge < -0.3 is 32.4 Å². The Morgan fingerprint density at radius 3 is 2.21 bits per heavy atom. The number of nitrogens with one attached hydrogen (secondary N) is 4. The van der Waals surface area contributed by atoms with Crippen LogP contribution in [0.25, 0.3) is 10.9 Å². The fraction of sp³-hybridized carbons (Fsp3) is 0.387. The second-order valence-corrected chi connectivity index (χ2v) is 11.3. The van der Waals surface area contributed by atoms with E-state index in [-0.39, 0.29) is 12.3 Å². The van der Waals surface area contributed by atoms with E-state index in [0.717, 1.165) is 27.7 Å². The molecule has 1 heterocycles. The number of fused-ring (bicyclic) bond motifs is 3. The number of hydrogen-bond acceptors (Lipinski definition) is 5. The number of rotatable bonds is 11. The summed E-state index contributed by atoms with van der Waals surface area (Å²) in [6.45, 7) is 5.25. The quantitative estimate of drug-likeness (QED) is 0.201. The van der Waals surface area contributed by atoms with Gasteiger partial charge in [-0.05, 0) is 42.9 Å². The molecule has 42 heavy (non-hydrogen) atoms. The molecule has 1 aromatic heterocycles. The number of para-hydroxylation sites is 1. The second-order valence-electron chi connectivity index (χ2n) is 11.3. The first kappa shape index (κ1) is 30.3. The number of hydrogen-bond donors (Lipinski definition) is 6. The van der Waals surface area contributed by atoms with Gasteiger partial charge in [0.1, 0.15) is 17.6 Å². The number of carbonyl (C=O) groups excluding carboxylic acids is 5. The van der Waals surface area contributed by atoms with Crippen LogP contribution in [0.5, 0.6) is 0 Å². The Labute approximate surface area is 244 Å². The predicted molar refractivity (Wildman–Crippen MR) is 158 cm³/mol. The maximum atomic E-state index is 14.2. The normalized spacial score (nSPS) is 18.4. The summed E-state index contributed by atoms with van der Waals surface area (Å²) >= 11 is 0. The minimum Gasteiger partial charge on any atom is -0.370 e. The Morgan fingerprint density at radius 1 is 0.905 bits per heavy atom. The second kappa shape index (κ2) is 12.5. The van der Waals surface area contributed by atoms with Gasteiger partial charge in [0.25, 0.3) is 0 Å². The molecule has 11 heteroatoms. The maximum absolute atomic E-state index is 14.2. The van der Waals surface area contributed by atoms with Crippen molar-refractivity contribution in [2.24, 2.45) is 17.4 Å². The van der Waals surface area contributed by atoms with Crippen molar-refractivity contribution in [1.29, 1.82) is 0 Å². The SMILES string of the molecule is CC(C(=O)N[C@@]1(C(=O)N[C@H](C(=O)N[C@@H](CC(N)=O)C(N)=O)C(C)C)CCc2[nH]c3ccccc3c2C1)c1ccccc1. The van der Waals surface area contributed by atoms with Crippen molar-refractivity contribution < 1.29 is 24.0 Å². The summed E-state index contributed by atoms with van der Waals surface area (Å²) in [7, 11) is 0. The van der Waals surface area contributed by atoms with Crippen LogP contribution in [-0.2, 0) is 36.8 Å². The van der Waals surface area contributed by atoms with Gasteiger partial charge in [0.15, 0.2) is 0 Å². The molecule has 1 aliphatic carbocycles. The molecule has 4 rings (SSSR count). The number of carbonyl (C=O) groups is 5. The fourth-order valence-electron chi connectivity index (χ4n) is 5.49. The van der Waals surface area contributed by atoms with Gasteiger partial charge in [-0.2, -0.15) is 0 Å². The third-order valence-corrected chi connectivity index (χ3v) is 7.97. The number of aromatic nitrogens is 1. The van der Waals surface area contributed by atoms with Gasteiger partial charge in [-0.25, -0.2) is 0 Å². The highest BCUT2D eigenvalue weighted by atomic mass is 16.2. The molecule has 0 radical (unpaired) electrons. The molecule has 0 saturated heterocycles. The fourth-order valence-corrected chi connectivity index (χ4v) is 5.49. The summed E-state index contributed by atoms with van der Waals surface area (Å²) in [5.74, 6) is -4.20. The van der Waals surface area contributed by atoms with Crippen molar-refractivity contribution in [2.75, 3.05) is 0 Å². The van der Waals surface area contributed by atoms with Crippen molar-refractivity contribution in [3.63, 3.8) is 0 Å². The Balaban J connectivity index is 1.65. The molecule has 0 aliphatic heterocycles. The van der Waals surface area contributed by atoms with E-state index < -0.39 is 59.5 Å². The summed E-state index contributed by atoms with van der Waals surface area (Å²) in [5.41, 5.74) is 12.9. The molecule has 0 bridgehead atoms. The third kappa shape index (κ3) is 6.45. The zero-order valence-corrected chi connectivity index (χ0v) is 24.0. The summed E-state index contributed by atoms with van der Waals surface area (Å²) in [4.78, 5) is 67.8. The van der Waals surface area contributed by atoms with Crippen LogP contribution < -0.4 is 27.4 Å². The zero-order valence-electron chi connectivity index (χ0n) is 24.0. The lowest BCUT2D eigenvalue weighted by atomic mass is 9.78. The average Bonchev–Trinajstić information content (AvgIpc) is 3.32. The monoisotopic (exact) mass is 574 g/mol. The average molecular weight is 575 g/mol. The van der Waals surface area contributed by atoms with E-state index in [1.54, 1.807) is 20.8 Å². The van der Waals surface area contributed by atoms with Crippen LogP contribution in [0.4, 0.5) is 0 Å². The molecule has 8 N–H and O–H groups in total. The highest BCUT2D eigenvalue weighted by molar-refractivity contribution is 5.99. The molecule has 11 nitrogen and oxygen atoms in total. The number of amides is 5. The Hall–Kier alpha value is -4.67. The number of benzene rings is 2. The molecule has 0 saturated carbocycles. The van der Waals surface area contributed by atoms with E-state index >= 15 is 0 Å². The van der Waals surface area contributed by atoms with E-state index in [2.05, 4.69) is 20.9 Å². The van der Waals surface area contributed by atoms with Crippen molar-refractivity contribution in [1.82, 2.24) is 20.9 Å². The molecular formula is C31H38N6O5. The lowest BCUT2D eigenvalue weighted by Gasteiger charge is -2.39. The zero-order chi connectivity index (χ0) is 30.6. The van der Waals surface area contributed by atoms with E-state index in [4.69, 9.17) is 11.5 Å². The van der Waals surface area contributed by atoms with Crippen LogP contribution >= 0.6 is 0 Å². The van der Waals surface area contributed by atoms with Gasteiger partial charge in [-0.1, -0.05) is 62.4 Å². The van der Waals surface area contributed by atoms with Crippen LogP contribution in [0.15, 0.2) is 54.6 Å². The molecule has 2 aromatic carbocycles. The van der Waals surface area contributed by atoms with Gasteiger partial charge in [-0.15, -0.1) is 0 Å². The summed E-state index contributed by atoms with van der Waals surface area (Å²) in [6, 6.07) is 14.7. The smallest absolute Gasteiger partial charge is 0.246 e. The topological polar surface area (TPSA) is 189 Å². The van der Waals surface area contributed by atoms with E-state index in [1.807, 2.05) is 54.6 Å². The lowest BCUT2D eigenvalue weighted by Crippen LogP contribution is -2.65. The molecule has 1 unspecified atom stereocenters. The van der Waals surface area contributed by atoms with Gasteiger partial charge >= 0.3 is 0 Å². The van der Waals surface area contributed by atoms with Crippen molar-refractivity contribution >= 4 is 40.4 Å². The first-order chi connectivity index (χ1) is 19.9. The molecule has 0 spiro atoms. The van der Waals surface area contributed by atoms with Gasteiger partial charge in [0, 0.05) is 23.0 Å². The van der Waals surface area contributed by atoms with Crippen LogP contribution in [0.1, 0.15) is 56.4 Å². The van der Waals surface area contributed by atoms with E-state index in [9.17, 15) is 24.0 Å². The largest absolute Gasteiger partial charge is 0.370 e. The molecule has 5 amide bonds. The lowest BCUT2D eigenvalue weighted by molar-refractivity contribution is -0.138. The molecule has 0 fully saturated rings. The summed E-state index contributed by atoms with van der Waals surface area (Å²) in [5, 5.41) is 9.30. The molecule has 1 aliphatic rings. The maximum Gasteiger partial charge on any atom is 0.246 e. The van der Waals surface area contributed by atoms with Gasteiger partial charge in [0.2, 0.25) is 29.5 Å². The van der Waals surface area contributed by atoms with Crippen molar-refractivity contribution in [2.45, 2.75) is 70.0 Å². The number of H-pyrrole nitrogens is 1. The first-order valence-electron chi connectivity index (χ1n) is 14.1. The number of nitrogens with two attached hydrogens (primary N) is 2. The standard InChI is InChI=1S/C31H38N6O5/c1-17(2)26(29(41)35-24(27(33)39)15-25(32)38)36-30(42)31(37-28(40)18(3)19-9-5-4-6-10-19)14-13-23-21(16-31)20-11-7-8-12-22(20)34-23/h4-12,17-18,24,26,34H,13-16H2,1-3H3,(H2,32,38)(H2,33,39)(H,35,41)(H,36,42)(H,37,40)/t18?,24-,26-,31-/m0/s1.